The standard InChI is InChI=1S/C22H17F2N5O4/c1-29-21-13(20(28-29)14-5-6-17(30)27-22(14)32)3-2-4-16(21)33-10-18(31)26-19-11(9-25)7-12(23)8-15(19)24/h2-4,7-8,14H,5-6,10H2,1H3,(H,26,31)(H,27,30,32). The van der Waals surface area contributed by atoms with E-state index in [9.17, 15) is 23.2 Å². The van der Waals surface area contributed by atoms with Gasteiger partial charge in [-0.05, 0) is 18.6 Å². The van der Waals surface area contributed by atoms with Gasteiger partial charge in [-0.1, -0.05) is 12.1 Å². The highest BCUT2D eigenvalue weighted by Gasteiger charge is 2.32. The maximum Gasteiger partial charge on any atom is 0.262 e. The number of hydrogen-bond donors (Lipinski definition) is 2. The topological polar surface area (TPSA) is 126 Å². The number of nitrogens with zero attached hydrogens (tertiary/aromatic N) is 3. The molecule has 3 aromatic rings. The quantitative estimate of drug-likeness (QED) is 0.571. The Kier molecular flexibility index (Phi) is 5.74. The number of aromatic nitrogens is 2. The van der Waals surface area contributed by atoms with Gasteiger partial charge in [0.1, 0.15) is 23.2 Å². The van der Waals surface area contributed by atoms with Crippen molar-refractivity contribution in [2.24, 2.45) is 7.05 Å². The molecule has 1 unspecified atom stereocenters. The zero-order chi connectivity index (χ0) is 23.7. The number of aryl methyl sites for hydroxylation is 1. The predicted octanol–water partition coefficient (Wildman–Crippen LogP) is 2.26. The molecule has 2 aromatic carbocycles. The fraction of sp³-hybridized carbons (Fsp3) is 0.227. The fourth-order valence-corrected chi connectivity index (χ4v) is 3.76. The number of halogens is 2. The summed E-state index contributed by atoms with van der Waals surface area (Å²) in [6.45, 7) is -0.528. The summed E-state index contributed by atoms with van der Waals surface area (Å²) in [7, 11) is 1.65. The molecule has 2 heterocycles. The van der Waals surface area contributed by atoms with Crippen LogP contribution in [0, 0.1) is 23.0 Å². The average Bonchev–Trinajstić information content (AvgIpc) is 3.11. The van der Waals surface area contributed by atoms with Crippen molar-refractivity contribution in [3.63, 3.8) is 0 Å². The van der Waals surface area contributed by atoms with E-state index in [2.05, 4.69) is 15.7 Å². The number of para-hydroxylation sites is 1. The number of rotatable bonds is 5. The smallest absolute Gasteiger partial charge is 0.262 e. The molecule has 4 rings (SSSR count). The number of piperidine rings is 1. The van der Waals surface area contributed by atoms with Gasteiger partial charge in [0.15, 0.2) is 12.4 Å². The van der Waals surface area contributed by atoms with Crippen molar-refractivity contribution in [2.45, 2.75) is 18.8 Å². The summed E-state index contributed by atoms with van der Waals surface area (Å²) < 4.78 is 34.4. The molecule has 1 aliphatic heterocycles. The van der Waals surface area contributed by atoms with Crippen LogP contribution in [-0.2, 0) is 21.4 Å². The Labute approximate surface area is 185 Å². The first-order chi connectivity index (χ1) is 15.8. The van der Waals surface area contributed by atoms with E-state index in [1.807, 2.05) is 0 Å². The summed E-state index contributed by atoms with van der Waals surface area (Å²) in [6.07, 6.45) is 0.532. The summed E-state index contributed by atoms with van der Waals surface area (Å²) in [5, 5.41) is 18.6. The van der Waals surface area contributed by atoms with Crippen molar-refractivity contribution in [2.75, 3.05) is 11.9 Å². The first-order valence-electron chi connectivity index (χ1n) is 9.89. The van der Waals surface area contributed by atoms with Gasteiger partial charge < -0.3 is 10.1 Å². The fourth-order valence-electron chi connectivity index (χ4n) is 3.76. The summed E-state index contributed by atoms with van der Waals surface area (Å²) in [4.78, 5) is 36.1. The Hall–Kier alpha value is -4.33. The number of ether oxygens (including phenoxy) is 1. The van der Waals surface area contributed by atoms with Crippen LogP contribution in [0.3, 0.4) is 0 Å². The van der Waals surface area contributed by atoms with Crippen molar-refractivity contribution in [1.29, 1.82) is 5.26 Å². The van der Waals surface area contributed by atoms with Gasteiger partial charge in [0.05, 0.1) is 22.9 Å². The Bertz CT molecular complexity index is 1340. The molecule has 11 heteroatoms. The Morgan fingerprint density at radius 1 is 1.36 bits per heavy atom. The van der Waals surface area contributed by atoms with E-state index in [0.29, 0.717) is 29.1 Å². The maximum atomic E-state index is 14.0. The number of amides is 3. The predicted molar refractivity (Wildman–Crippen MR) is 111 cm³/mol. The highest BCUT2D eigenvalue weighted by atomic mass is 19.1. The minimum Gasteiger partial charge on any atom is -0.481 e. The molecular formula is C22H17F2N5O4. The van der Waals surface area contributed by atoms with Crippen LogP contribution in [0.15, 0.2) is 30.3 Å². The summed E-state index contributed by atoms with van der Waals surface area (Å²) in [5.41, 5.74) is 0.213. The lowest BCUT2D eigenvalue weighted by Crippen LogP contribution is -2.39. The van der Waals surface area contributed by atoms with Gasteiger partial charge in [0, 0.05) is 24.9 Å². The van der Waals surface area contributed by atoms with E-state index in [-0.39, 0.29) is 23.6 Å². The van der Waals surface area contributed by atoms with Gasteiger partial charge in [-0.25, -0.2) is 8.78 Å². The monoisotopic (exact) mass is 453 g/mol. The molecule has 1 fully saturated rings. The lowest BCUT2D eigenvalue weighted by molar-refractivity contribution is -0.134. The maximum absolute atomic E-state index is 14.0. The van der Waals surface area contributed by atoms with Crippen LogP contribution in [0.4, 0.5) is 14.5 Å². The van der Waals surface area contributed by atoms with Gasteiger partial charge in [0.25, 0.3) is 5.91 Å². The largest absolute Gasteiger partial charge is 0.481 e. The van der Waals surface area contributed by atoms with Gasteiger partial charge in [-0.3, -0.25) is 24.4 Å². The van der Waals surface area contributed by atoms with Gasteiger partial charge in [-0.15, -0.1) is 0 Å². The number of nitriles is 1. The molecule has 1 aromatic heterocycles. The van der Waals surface area contributed by atoms with Crippen molar-refractivity contribution >= 4 is 34.3 Å². The minimum atomic E-state index is -1.08. The molecule has 0 bridgehead atoms. The summed E-state index contributed by atoms with van der Waals surface area (Å²) in [5.74, 6) is -3.85. The zero-order valence-electron chi connectivity index (χ0n) is 17.3. The number of anilines is 1. The Balaban J connectivity index is 1.55. The molecule has 33 heavy (non-hydrogen) atoms. The number of hydrogen-bond acceptors (Lipinski definition) is 6. The molecule has 0 radical (unpaired) electrons. The average molecular weight is 453 g/mol. The molecule has 0 aliphatic carbocycles. The van der Waals surface area contributed by atoms with Crippen molar-refractivity contribution in [3.8, 4) is 11.8 Å². The van der Waals surface area contributed by atoms with E-state index in [1.165, 1.54) is 4.68 Å². The SMILES string of the molecule is Cn1nc(C2CCC(=O)NC2=O)c2cccc(OCC(=O)Nc3c(F)cc(F)cc3C#N)c21. The molecule has 1 aliphatic rings. The molecule has 0 spiro atoms. The molecular weight excluding hydrogens is 436 g/mol. The van der Waals surface area contributed by atoms with Crippen LogP contribution < -0.4 is 15.4 Å². The lowest BCUT2D eigenvalue weighted by atomic mass is 9.93. The second-order valence-corrected chi connectivity index (χ2v) is 7.42. The molecule has 1 atom stereocenters. The molecule has 1 saturated heterocycles. The van der Waals surface area contributed by atoms with E-state index in [1.54, 1.807) is 31.3 Å². The van der Waals surface area contributed by atoms with E-state index in [0.717, 1.165) is 6.07 Å². The van der Waals surface area contributed by atoms with Crippen LogP contribution in [0.5, 0.6) is 5.75 Å². The van der Waals surface area contributed by atoms with Crippen LogP contribution in [0.1, 0.15) is 30.0 Å². The first-order valence-corrected chi connectivity index (χ1v) is 9.89. The number of benzene rings is 2. The number of fused-ring (bicyclic) bond motifs is 1. The van der Waals surface area contributed by atoms with Crippen molar-refractivity contribution < 1.29 is 27.9 Å². The van der Waals surface area contributed by atoms with Crippen molar-refractivity contribution in [1.82, 2.24) is 15.1 Å². The second-order valence-electron chi connectivity index (χ2n) is 7.42. The highest BCUT2D eigenvalue weighted by Crippen LogP contribution is 2.34. The minimum absolute atomic E-state index is 0.204. The van der Waals surface area contributed by atoms with Gasteiger partial charge >= 0.3 is 0 Å². The molecule has 9 nitrogen and oxygen atoms in total. The number of carbonyl (C=O) groups is 3. The Morgan fingerprint density at radius 3 is 2.88 bits per heavy atom. The van der Waals surface area contributed by atoms with Crippen LogP contribution in [0.2, 0.25) is 0 Å². The molecule has 168 valence electrons. The van der Waals surface area contributed by atoms with Crippen LogP contribution in [0.25, 0.3) is 10.9 Å². The van der Waals surface area contributed by atoms with Crippen LogP contribution >= 0.6 is 0 Å². The third-order valence-electron chi connectivity index (χ3n) is 5.22. The van der Waals surface area contributed by atoms with Gasteiger partial charge in [-0.2, -0.15) is 10.4 Å². The normalized spacial score (nSPS) is 15.8. The van der Waals surface area contributed by atoms with E-state index in [4.69, 9.17) is 10.00 Å². The number of imide groups is 1. The molecule has 0 saturated carbocycles. The number of carbonyl (C=O) groups excluding carboxylic acids is 3. The van der Waals surface area contributed by atoms with Gasteiger partial charge in [0.2, 0.25) is 11.8 Å². The first kappa shape index (κ1) is 21.9. The summed E-state index contributed by atoms with van der Waals surface area (Å²) >= 11 is 0. The third kappa shape index (κ3) is 4.23. The Morgan fingerprint density at radius 2 is 2.15 bits per heavy atom. The van der Waals surface area contributed by atoms with Crippen LogP contribution in [-0.4, -0.2) is 34.1 Å². The molecule has 3 amide bonds. The number of nitrogens with one attached hydrogen (secondary N) is 2. The third-order valence-corrected chi connectivity index (χ3v) is 5.22. The highest BCUT2D eigenvalue weighted by molar-refractivity contribution is 6.03. The van der Waals surface area contributed by atoms with E-state index >= 15 is 0 Å². The molecule has 2 N–H and O–H groups in total. The summed E-state index contributed by atoms with van der Waals surface area (Å²) in [6, 6.07) is 8.02. The van der Waals surface area contributed by atoms with E-state index < -0.39 is 41.7 Å². The van der Waals surface area contributed by atoms with Crippen molar-refractivity contribution in [3.05, 3.63) is 53.2 Å². The lowest BCUT2D eigenvalue weighted by Gasteiger charge is -2.19. The zero-order valence-corrected chi connectivity index (χ0v) is 17.3. The second kappa shape index (κ2) is 8.66.